The van der Waals surface area contributed by atoms with E-state index in [1.165, 1.54) is 23.9 Å². The molecule has 0 aromatic heterocycles. The Balaban J connectivity index is 2.51. The van der Waals surface area contributed by atoms with Crippen LogP contribution in [0, 0.1) is 5.82 Å². The molecule has 0 aliphatic heterocycles. The maximum absolute atomic E-state index is 12.9. The van der Waals surface area contributed by atoms with Crippen molar-refractivity contribution in [2.24, 2.45) is 0 Å². The van der Waals surface area contributed by atoms with Gasteiger partial charge in [-0.1, -0.05) is 0 Å². The highest BCUT2D eigenvalue weighted by Crippen LogP contribution is 2.23. The SMILES string of the molecule is Nc1cc(F)cc(SCC(O)CC(=O)O)c1. The standard InChI is InChI=1S/C10H12FNO3S/c11-6-1-7(12)3-9(2-6)16-5-8(13)4-10(14)15/h1-3,8,13H,4-5,12H2,(H,14,15). The summed E-state index contributed by atoms with van der Waals surface area (Å²) in [5.74, 6) is -1.32. The van der Waals surface area contributed by atoms with Crippen LogP contribution in [0.5, 0.6) is 0 Å². The molecule has 1 atom stereocenters. The molecule has 1 aromatic rings. The van der Waals surface area contributed by atoms with E-state index in [9.17, 15) is 14.3 Å². The van der Waals surface area contributed by atoms with Gasteiger partial charge in [0.1, 0.15) is 5.82 Å². The number of rotatable bonds is 5. The van der Waals surface area contributed by atoms with Gasteiger partial charge in [-0.2, -0.15) is 0 Å². The topological polar surface area (TPSA) is 83.5 Å². The van der Waals surface area contributed by atoms with E-state index in [0.717, 1.165) is 0 Å². The number of hydrogen-bond donors (Lipinski definition) is 3. The third-order valence-electron chi connectivity index (χ3n) is 1.75. The first-order valence-electron chi connectivity index (χ1n) is 4.56. The van der Waals surface area contributed by atoms with Crippen LogP contribution in [0.2, 0.25) is 0 Å². The number of aliphatic hydroxyl groups is 1. The monoisotopic (exact) mass is 245 g/mol. The zero-order valence-electron chi connectivity index (χ0n) is 8.39. The molecule has 0 amide bonds. The number of aliphatic hydroxyl groups excluding tert-OH is 1. The molecule has 1 unspecified atom stereocenters. The van der Waals surface area contributed by atoms with Crippen LogP contribution in [0.1, 0.15) is 6.42 Å². The van der Waals surface area contributed by atoms with Crippen molar-refractivity contribution in [2.75, 3.05) is 11.5 Å². The Kier molecular flexibility index (Phi) is 4.57. The van der Waals surface area contributed by atoms with Crippen LogP contribution in [0.3, 0.4) is 0 Å². The lowest BCUT2D eigenvalue weighted by atomic mass is 10.3. The van der Waals surface area contributed by atoms with Crippen molar-refractivity contribution in [3.63, 3.8) is 0 Å². The first-order chi connectivity index (χ1) is 7.47. The number of thioether (sulfide) groups is 1. The van der Waals surface area contributed by atoms with Crippen LogP contribution >= 0.6 is 11.8 Å². The fraction of sp³-hybridized carbons (Fsp3) is 0.300. The van der Waals surface area contributed by atoms with E-state index in [4.69, 9.17) is 10.8 Å². The summed E-state index contributed by atoms with van der Waals surface area (Å²) in [6.07, 6.45) is -1.27. The summed E-state index contributed by atoms with van der Waals surface area (Å²) in [6.45, 7) is 0. The summed E-state index contributed by atoms with van der Waals surface area (Å²) in [4.78, 5) is 10.9. The highest BCUT2D eigenvalue weighted by molar-refractivity contribution is 7.99. The van der Waals surface area contributed by atoms with Gasteiger partial charge in [0.05, 0.1) is 12.5 Å². The maximum Gasteiger partial charge on any atom is 0.306 e. The average molecular weight is 245 g/mol. The summed E-state index contributed by atoms with van der Waals surface area (Å²) in [7, 11) is 0. The van der Waals surface area contributed by atoms with E-state index in [2.05, 4.69) is 0 Å². The Morgan fingerprint density at radius 3 is 2.75 bits per heavy atom. The fourth-order valence-electron chi connectivity index (χ4n) is 1.12. The number of halogens is 1. The minimum absolute atomic E-state index is 0.190. The number of carboxylic acids is 1. The molecular weight excluding hydrogens is 233 g/mol. The van der Waals surface area contributed by atoms with Gasteiger partial charge in [-0.3, -0.25) is 4.79 Å². The minimum Gasteiger partial charge on any atom is -0.481 e. The summed E-state index contributed by atoms with van der Waals surface area (Å²) in [6, 6.07) is 4.05. The van der Waals surface area contributed by atoms with E-state index in [1.807, 2.05) is 0 Å². The zero-order chi connectivity index (χ0) is 12.1. The Morgan fingerprint density at radius 1 is 1.50 bits per heavy atom. The second kappa shape index (κ2) is 5.72. The third kappa shape index (κ3) is 4.50. The summed E-state index contributed by atoms with van der Waals surface area (Å²) in [5, 5.41) is 17.7. The van der Waals surface area contributed by atoms with Crippen LogP contribution in [0.15, 0.2) is 23.1 Å². The van der Waals surface area contributed by atoms with Gasteiger partial charge >= 0.3 is 5.97 Å². The number of nitrogen functional groups attached to an aromatic ring is 1. The zero-order valence-corrected chi connectivity index (χ0v) is 9.21. The summed E-state index contributed by atoms with van der Waals surface area (Å²) >= 11 is 1.17. The molecule has 0 saturated carbocycles. The lowest BCUT2D eigenvalue weighted by Gasteiger charge is -2.07. The predicted octanol–water partition coefficient (Wildman–Crippen LogP) is 1.34. The van der Waals surface area contributed by atoms with Gasteiger partial charge in [0.15, 0.2) is 0 Å². The Bertz CT molecular complexity index is 366. The van der Waals surface area contributed by atoms with Gasteiger partial charge in [0.2, 0.25) is 0 Å². The number of anilines is 1. The second-order valence-electron chi connectivity index (χ2n) is 3.28. The number of carbonyl (C=O) groups is 1. The second-order valence-corrected chi connectivity index (χ2v) is 4.38. The van der Waals surface area contributed by atoms with Gasteiger partial charge < -0.3 is 15.9 Å². The highest BCUT2D eigenvalue weighted by Gasteiger charge is 2.10. The number of hydrogen-bond acceptors (Lipinski definition) is 4. The molecule has 1 rings (SSSR count). The molecule has 0 bridgehead atoms. The van der Waals surface area contributed by atoms with Crippen LogP contribution in [0.25, 0.3) is 0 Å². The summed E-state index contributed by atoms with van der Waals surface area (Å²) < 4.78 is 12.9. The Hall–Kier alpha value is -1.27. The van der Waals surface area contributed by atoms with Crippen molar-refractivity contribution in [3.8, 4) is 0 Å². The molecule has 0 heterocycles. The number of benzene rings is 1. The highest BCUT2D eigenvalue weighted by atomic mass is 32.2. The molecule has 0 aliphatic carbocycles. The number of nitrogens with two attached hydrogens (primary N) is 1. The third-order valence-corrected chi connectivity index (χ3v) is 2.87. The largest absolute Gasteiger partial charge is 0.481 e. The maximum atomic E-state index is 12.9. The molecule has 88 valence electrons. The van der Waals surface area contributed by atoms with E-state index in [-0.39, 0.29) is 12.2 Å². The van der Waals surface area contributed by atoms with Crippen molar-refractivity contribution in [1.29, 1.82) is 0 Å². The smallest absolute Gasteiger partial charge is 0.306 e. The molecule has 16 heavy (non-hydrogen) atoms. The van der Waals surface area contributed by atoms with Gasteiger partial charge in [0, 0.05) is 16.3 Å². The summed E-state index contributed by atoms with van der Waals surface area (Å²) in [5.41, 5.74) is 5.74. The van der Waals surface area contributed by atoms with Crippen molar-refractivity contribution in [2.45, 2.75) is 17.4 Å². The predicted molar refractivity (Wildman–Crippen MR) is 59.8 cm³/mol. The molecular formula is C10H12FNO3S. The molecule has 6 heteroatoms. The van der Waals surface area contributed by atoms with Gasteiger partial charge in [-0.15, -0.1) is 11.8 Å². The van der Waals surface area contributed by atoms with Gasteiger partial charge in [-0.05, 0) is 18.2 Å². The molecule has 4 nitrogen and oxygen atoms in total. The lowest BCUT2D eigenvalue weighted by molar-refractivity contribution is -0.138. The molecule has 0 fully saturated rings. The lowest BCUT2D eigenvalue weighted by Crippen LogP contribution is -2.15. The molecule has 0 saturated heterocycles. The number of carboxylic acid groups (broad SMARTS) is 1. The van der Waals surface area contributed by atoms with Crippen molar-refractivity contribution in [3.05, 3.63) is 24.0 Å². The Morgan fingerprint density at radius 2 is 2.19 bits per heavy atom. The van der Waals surface area contributed by atoms with E-state index >= 15 is 0 Å². The first-order valence-corrected chi connectivity index (χ1v) is 5.54. The van der Waals surface area contributed by atoms with E-state index in [1.54, 1.807) is 6.07 Å². The van der Waals surface area contributed by atoms with Crippen LogP contribution in [-0.2, 0) is 4.79 Å². The van der Waals surface area contributed by atoms with Crippen molar-refractivity contribution >= 4 is 23.4 Å². The van der Waals surface area contributed by atoms with Crippen molar-refractivity contribution < 1.29 is 19.4 Å². The van der Waals surface area contributed by atoms with Crippen LogP contribution in [0.4, 0.5) is 10.1 Å². The van der Waals surface area contributed by atoms with E-state index < -0.39 is 17.9 Å². The van der Waals surface area contributed by atoms with Crippen LogP contribution < -0.4 is 5.73 Å². The number of aliphatic carboxylic acids is 1. The van der Waals surface area contributed by atoms with Crippen molar-refractivity contribution in [1.82, 2.24) is 0 Å². The Labute approximate surface area is 96.3 Å². The van der Waals surface area contributed by atoms with E-state index in [0.29, 0.717) is 10.6 Å². The normalized spacial score (nSPS) is 12.4. The molecule has 0 spiro atoms. The first kappa shape index (κ1) is 12.8. The fourth-order valence-corrected chi connectivity index (χ4v) is 2.04. The minimum atomic E-state index is -1.06. The molecule has 4 N–H and O–H groups in total. The molecule has 1 aromatic carbocycles. The van der Waals surface area contributed by atoms with Crippen LogP contribution in [-0.4, -0.2) is 28.0 Å². The van der Waals surface area contributed by atoms with Gasteiger partial charge in [-0.25, -0.2) is 4.39 Å². The molecule has 0 radical (unpaired) electrons. The average Bonchev–Trinajstić information content (AvgIpc) is 2.12. The quantitative estimate of drug-likeness (QED) is 0.538. The van der Waals surface area contributed by atoms with Gasteiger partial charge in [0.25, 0.3) is 0 Å². The molecule has 0 aliphatic rings.